The number of rotatable bonds is 4. The van der Waals surface area contributed by atoms with Gasteiger partial charge in [-0.15, -0.1) is 0 Å². The Kier molecular flexibility index (Phi) is 4.70. The highest BCUT2D eigenvalue weighted by atomic mass is 14.9. The molecular weight excluding hydrogens is 170 g/mol. The van der Waals surface area contributed by atoms with Crippen molar-refractivity contribution < 1.29 is 0 Å². The van der Waals surface area contributed by atoms with Crippen LogP contribution in [0.5, 0.6) is 0 Å². The fraction of sp³-hybridized carbons (Fsp3) is 0.846. The topological polar surface area (TPSA) is 12.0 Å². The van der Waals surface area contributed by atoms with Crippen molar-refractivity contribution in [2.75, 3.05) is 6.54 Å². The van der Waals surface area contributed by atoms with E-state index in [1.54, 1.807) is 0 Å². The Morgan fingerprint density at radius 1 is 1.00 bits per heavy atom. The first-order valence-corrected chi connectivity index (χ1v) is 5.52. The van der Waals surface area contributed by atoms with Crippen LogP contribution in [-0.2, 0) is 0 Å². The molecule has 0 bridgehead atoms. The van der Waals surface area contributed by atoms with Crippen molar-refractivity contribution in [1.82, 2.24) is 5.32 Å². The zero-order valence-corrected chi connectivity index (χ0v) is 10.8. The highest BCUT2D eigenvalue weighted by Gasteiger charge is 2.12. The molecule has 0 unspecified atom stereocenters. The Hall–Kier alpha value is -0.460. The second-order valence-corrected chi connectivity index (χ2v) is 6.58. The molecule has 0 amide bonds. The van der Waals surface area contributed by atoms with Crippen LogP contribution in [0.1, 0.15) is 54.4 Å². The highest BCUT2D eigenvalue weighted by molar-refractivity contribution is 4.93. The summed E-state index contributed by atoms with van der Waals surface area (Å²) in [7, 11) is 0. The minimum Gasteiger partial charge on any atom is -0.388 e. The third kappa shape index (κ3) is 9.63. The highest BCUT2D eigenvalue weighted by Crippen LogP contribution is 2.22. The quantitative estimate of drug-likeness (QED) is 0.719. The van der Waals surface area contributed by atoms with Crippen LogP contribution in [0.2, 0.25) is 0 Å². The predicted octanol–water partition coefficient (Wildman–Crippen LogP) is 3.96. The van der Waals surface area contributed by atoms with E-state index in [4.69, 9.17) is 0 Å². The van der Waals surface area contributed by atoms with Crippen molar-refractivity contribution in [2.45, 2.75) is 54.4 Å². The van der Waals surface area contributed by atoms with Crippen molar-refractivity contribution in [3.05, 3.63) is 12.3 Å². The Balaban J connectivity index is 3.68. The monoisotopic (exact) mass is 197 g/mol. The summed E-state index contributed by atoms with van der Waals surface area (Å²) in [4.78, 5) is 0. The van der Waals surface area contributed by atoms with Crippen molar-refractivity contribution >= 4 is 0 Å². The lowest BCUT2D eigenvalue weighted by Crippen LogP contribution is -2.26. The molecular formula is C13H27N. The van der Waals surface area contributed by atoms with Crippen LogP contribution in [0.3, 0.4) is 0 Å². The van der Waals surface area contributed by atoms with E-state index < -0.39 is 0 Å². The lowest BCUT2D eigenvalue weighted by molar-refractivity contribution is 0.361. The fourth-order valence-electron chi connectivity index (χ4n) is 1.00. The van der Waals surface area contributed by atoms with Crippen LogP contribution in [-0.4, -0.2) is 6.54 Å². The van der Waals surface area contributed by atoms with Gasteiger partial charge in [0.15, 0.2) is 0 Å². The molecule has 0 aliphatic heterocycles. The molecule has 0 aromatic heterocycles. The summed E-state index contributed by atoms with van der Waals surface area (Å²) < 4.78 is 0. The van der Waals surface area contributed by atoms with Gasteiger partial charge in [-0.05, 0) is 23.7 Å². The van der Waals surface area contributed by atoms with Crippen LogP contribution in [0.4, 0.5) is 0 Å². The van der Waals surface area contributed by atoms with Gasteiger partial charge in [-0.3, -0.25) is 0 Å². The van der Waals surface area contributed by atoms with Crippen LogP contribution in [0.25, 0.3) is 0 Å². The number of hydrogen-bond acceptors (Lipinski definition) is 1. The minimum atomic E-state index is 0.338. The normalized spacial score (nSPS) is 12.7. The molecule has 0 spiro atoms. The standard InChI is InChI=1S/C13H27N/c1-11(8-9-12(2,3)4)14-10-13(5,6)7/h14H,1,8-10H2,2-7H3. The Morgan fingerprint density at radius 2 is 1.50 bits per heavy atom. The van der Waals surface area contributed by atoms with E-state index >= 15 is 0 Å². The summed E-state index contributed by atoms with van der Waals surface area (Å²) in [6.45, 7) is 18.6. The van der Waals surface area contributed by atoms with Crippen molar-refractivity contribution in [3.8, 4) is 0 Å². The number of hydrogen-bond donors (Lipinski definition) is 1. The summed E-state index contributed by atoms with van der Waals surface area (Å²) in [5, 5.41) is 3.40. The molecule has 0 aromatic carbocycles. The lowest BCUT2D eigenvalue weighted by atomic mass is 9.90. The van der Waals surface area contributed by atoms with Gasteiger partial charge in [-0.25, -0.2) is 0 Å². The molecule has 0 radical (unpaired) electrons. The smallest absolute Gasteiger partial charge is 0.0192 e. The van der Waals surface area contributed by atoms with E-state index in [-0.39, 0.29) is 0 Å². The minimum absolute atomic E-state index is 0.338. The van der Waals surface area contributed by atoms with Gasteiger partial charge in [-0.2, -0.15) is 0 Å². The number of allylic oxidation sites excluding steroid dienone is 1. The average Bonchev–Trinajstić information content (AvgIpc) is 1.94. The van der Waals surface area contributed by atoms with E-state index in [2.05, 4.69) is 53.4 Å². The molecule has 0 aliphatic rings. The molecule has 0 aromatic rings. The summed E-state index contributed by atoms with van der Waals surface area (Å²) in [5.74, 6) is 0. The first kappa shape index (κ1) is 13.5. The second-order valence-electron chi connectivity index (χ2n) is 6.58. The Labute approximate surface area is 90.0 Å². The molecule has 0 aliphatic carbocycles. The molecule has 1 N–H and O–H groups in total. The second kappa shape index (κ2) is 4.86. The maximum atomic E-state index is 4.05. The average molecular weight is 197 g/mol. The molecule has 0 atom stereocenters. The molecule has 0 saturated heterocycles. The zero-order chi connectivity index (χ0) is 11.4. The van der Waals surface area contributed by atoms with Crippen molar-refractivity contribution in [1.29, 1.82) is 0 Å². The van der Waals surface area contributed by atoms with Crippen LogP contribution in [0, 0.1) is 10.8 Å². The van der Waals surface area contributed by atoms with Gasteiger partial charge >= 0.3 is 0 Å². The van der Waals surface area contributed by atoms with E-state index in [0.717, 1.165) is 13.0 Å². The van der Waals surface area contributed by atoms with Crippen LogP contribution in [0.15, 0.2) is 12.3 Å². The van der Waals surface area contributed by atoms with Gasteiger partial charge in [0.1, 0.15) is 0 Å². The van der Waals surface area contributed by atoms with Gasteiger partial charge in [-0.1, -0.05) is 48.1 Å². The van der Waals surface area contributed by atoms with E-state index in [9.17, 15) is 0 Å². The van der Waals surface area contributed by atoms with E-state index in [1.165, 1.54) is 12.1 Å². The molecule has 0 fully saturated rings. The van der Waals surface area contributed by atoms with Gasteiger partial charge in [0, 0.05) is 12.2 Å². The van der Waals surface area contributed by atoms with Crippen molar-refractivity contribution in [2.24, 2.45) is 10.8 Å². The largest absolute Gasteiger partial charge is 0.388 e. The summed E-state index contributed by atoms with van der Waals surface area (Å²) in [6.07, 6.45) is 2.28. The predicted molar refractivity (Wildman–Crippen MR) is 65.3 cm³/mol. The molecule has 1 nitrogen and oxygen atoms in total. The van der Waals surface area contributed by atoms with Gasteiger partial charge < -0.3 is 5.32 Å². The Morgan fingerprint density at radius 3 is 1.86 bits per heavy atom. The SMILES string of the molecule is C=C(CCC(C)(C)C)NCC(C)(C)C. The van der Waals surface area contributed by atoms with Gasteiger partial charge in [0.25, 0.3) is 0 Å². The van der Waals surface area contributed by atoms with Crippen molar-refractivity contribution in [3.63, 3.8) is 0 Å². The fourth-order valence-corrected chi connectivity index (χ4v) is 1.00. The van der Waals surface area contributed by atoms with E-state index in [0.29, 0.717) is 10.8 Å². The molecule has 1 heteroatoms. The molecule has 0 saturated carbocycles. The third-order valence-electron chi connectivity index (χ3n) is 2.05. The third-order valence-corrected chi connectivity index (χ3v) is 2.05. The zero-order valence-electron chi connectivity index (χ0n) is 10.8. The molecule has 84 valence electrons. The van der Waals surface area contributed by atoms with Crippen LogP contribution >= 0.6 is 0 Å². The summed E-state index contributed by atoms with van der Waals surface area (Å²) >= 11 is 0. The lowest BCUT2D eigenvalue weighted by Gasteiger charge is -2.23. The molecule has 14 heavy (non-hydrogen) atoms. The van der Waals surface area contributed by atoms with Gasteiger partial charge in [0.2, 0.25) is 0 Å². The summed E-state index contributed by atoms with van der Waals surface area (Å²) in [6, 6.07) is 0. The molecule has 0 heterocycles. The Bertz CT molecular complexity index is 158. The summed E-state index contributed by atoms with van der Waals surface area (Å²) in [5.41, 5.74) is 1.92. The van der Waals surface area contributed by atoms with E-state index in [1.807, 2.05) is 0 Å². The molecule has 0 rings (SSSR count). The first-order chi connectivity index (χ1) is 6.10. The first-order valence-electron chi connectivity index (χ1n) is 5.52. The number of nitrogens with one attached hydrogen (secondary N) is 1. The van der Waals surface area contributed by atoms with Crippen LogP contribution < -0.4 is 5.32 Å². The van der Waals surface area contributed by atoms with Gasteiger partial charge in [0.05, 0.1) is 0 Å². The maximum absolute atomic E-state index is 4.05. The maximum Gasteiger partial charge on any atom is 0.0192 e.